The van der Waals surface area contributed by atoms with Crippen molar-refractivity contribution in [2.45, 2.75) is 12.8 Å². The minimum Gasteiger partial charge on any atom is -0.372 e. The molecule has 0 atom stereocenters. The third-order valence-electron chi connectivity index (χ3n) is 0. The Kier molecular flexibility index (Phi) is 242. The molecule has 0 nitrogen and oxygen atoms in total. The fourth-order valence-corrected chi connectivity index (χ4v) is 0. The average molecular weight is 632 g/mol. The van der Waals surface area contributed by atoms with E-state index in [1.54, 1.807) is 0 Å². The van der Waals surface area contributed by atoms with E-state index in [2.05, 4.69) is 27.7 Å². The molecule has 0 aliphatic heterocycles. The summed E-state index contributed by atoms with van der Waals surface area (Å²) in [6, 6.07) is 0. The first-order valence-electron chi connectivity index (χ1n) is 2.00. The topological polar surface area (TPSA) is 0 Å². The summed E-state index contributed by atoms with van der Waals surface area (Å²) in [4.78, 5) is 0. The standard InChI is InChI=1S/2C3H6.2Ar.Pt.W.Y/c2*1-3-2;;;;;/h2*1-3H2;;;;;/q2*-2;;;+2;;. The molecule has 0 aromatic carbocycles. The van der Waals surface area contributed by atoms with E-state index in [-0.39, 0.29) is 150 Å². The predicted molar refractivity (Wildman–Crippen MR) is 30.7 cm³/mol. The molecule has 0 unspecified atom stereocenters. The Morgan fingerprint density at radius 2 is 0.727 bits per heavy atom. The molecule has 0 spiro atoms. The van der Waals surface area contributed by atoms with Gasteiger partial charge < -0.3 is 40.5 Å². The maximum atomic E-state index is 3.38. The Morgan fingerprint density at radius 3 is 0.727 bits per heavy atom. The summed E-state index contributed by atoms with van der Waals surface area (Å²) in [6.45, 7) is 13.5. The fourth-order valence-electron chi connectivity index (χ4n) is 0. The second kappa shape index (κ2) is 60.0. The molecular weight excluding hydrogens is 620 g/mol. The van der Waals surface area contributed by atoms with Crippen LogP contribution in [0.25, 0.3) is 0 Å². The maximum absolute atomic E-state index is 3.38. The van der Waals surface area contributed by atoms with E-state index in [1.807, 2.05) is 0 Å². The zero-order valence-electron chi connectivity index (χ0n) is 6.25. The van der Waals surface area contributed by atoms with Gasteiger partial charge in [-0.15, -0.1) is 0 Å². The summed E-state index contributed by atoms with van der Waals surface area (Å²) >= 11 is 0. The zero-order chi connectivity index (χ0) is 5.41. The molecule has 73 valence electrons. The molecule has 0 fully saturated rings. The van der Waals surface area contributed by atoms with Crippen molar-refractivity contribution in [2.24, 2.45) is 0 Å². The van der Waals surface area contributed by atoms with Gasteiger partial charge in [-0.3, -0.25) is 0 Å². The van der Waals surface area contributed by atoms with E-state index in [4.69, 9.17) is 0 Å². The number of hydrogen-bond donors (Lipinski definition) is 0. The van der Waals surface area contributed by atoms with Gasteiger partial charge in [0.05, 0.1) is 0 Å². The van der Waals surface area contributed by atoms with E-state index in [0.29, 0.717) is 0 Å². The van der Waals surface area contributed by atoms with Gasteiger partial charge in [-0.05, 0) is 0 Å². The van der Waals surface area contributed by atoms with Gasteiger partial charge in [-0.1, -0.05) is 0 Å². The largest absolute Gasteiger partial charge is 2.00 e. The van der Waals surface area contributed by atoms with Gasteiger partial charge in [0.15, 0.2) is 0 Å². The van der Waals surface area contributed by atoms with Crippen molar-refractivity contribution >= 4 is 0 Å². The third-order valence-corrected chi connectivity index (χ3v) is 0. The van der Waals surface area contributed by atoms with Crippen molar-refractivity contribution in [3.8, 4) is 0 Å². The Labute approximate surface area is 186 Å². The molecule has 0 saturated heterocycles. The minimum atomic E-state index is 0. The van der Waals surface area contributed by atoms with Gasteiger partial charge in [-0.2, -0.15) is 0 Å². The normalized spacial score (nSPS) is 3.27. The fraction of sp³-hybridized carbons (Fsp3) is 0.333. The molecule has 0 amide bonds. The van der Waals surface area contributed by atoms with Crippen LogP contribution in [0.5, 0.6) is 0 Å². The van der Waals surface area contributed by atoms with E-state index in [0.717, 1.165) is 12.8 Å². The molecule has 0 rings (SSSR count). The minimum absolute atomic E-state index is 0. The summed E-state index contributed by atoms with van der Waals surface area (Å²) in [5.74, 6) is 0. The summed E-state index contributed by atoms with van der Waals surface area (Å²) < 4.78 is 0. The van der Waals surface area contributed by atoms with Crippen LogP contribution in [0, 0.1) is 103 Å². The Morgan fingerprint density at radius 1 is 0.727 bits per heavy atom. The third kappa shape index (κ3) is 101. The van der Waals surface area contributed by atoms with E-state index in [1.165, 1.54) is 0 Å². The Balaban J connectivity index is -0.00000000400. The number of hydrogen-bond acceptors (Lipinski definition) is 0. The summed E-state index contributed by atoms with van der Waals surface area (Å²) in [7, 11) is 0. The molecule has 11 heavy (non-hydrogen) atoms. The smallest absolute Gasteiger partial charge is 0.372 e. The van der Waals surface area contributed by atoms with Crippen molar-refractivity contribution in [1.82, 2.24) is 0 Å². The van der Waals surface area contributed by atoms with E-state index in [9.17, 15) is 0 Å². The van der Waals surface area contributed by atoms with Crippen molar-refractivity contribution in [3.63, 3.8) is 0 Å². The average Bonchev–Trinajstić information content (AvgIpc) is 1.39. The van der Waals surface area contributed by atoms with Crippen molar-refractivity contribution in [1.29, 1.82) is 0 Å². The molecule has 0 aliphatic carbocycles. The van der Waals surface area contributed by atoms with Crippen LogP contribution in [0.2, 0.25) is 0 Å². The van der Waals surface area contributed by atoms with Gasteiger partial charge in [0, 0.05) is 129 Å². The first kappa shape index (κ1) is 44.4. The van der Waals surface area contributed by atoms with Crippen LogP contribution in [0.4, 0.5) is 0 Å². The van der Waals surface area contributed by atoms with Gasteiger partial charge in [0.2, 0.25) is 0 Å². The van der Waals surface area contributed by atoms with Crippen LogP contribution in [0.3, 0.4) is 0 Å². The molecule has 1 radical (unpaired) electrons. The first-order valence-corrected chi connectivity index (χ1v) is 2.00. The van der Waals surface area contributed by atoms with Crippen LogP contribution >= 0.6 is 0 Å². The molecule has 0 bridgehead atoms. The molecule has 0 heterocycles. The number of rotatable bonds is 0. The molecule has 0 aromatic heterocycles. The molecule has 0 aliphatic rings. The maximum Gasteiger partial charge on any atom is 2.00 e. The zero-order valence-corrected chi connectivity index (χ0v) is 15.7. The molecule has 0 saturated carbocycles. The Hall–Kier alpha value is 5.00. The molecular formula is C6H12Ar2PtWY-2. The Bertz CT molecular complexity index is 22.5. The van der Waals surface area contributed by atoms with Crippen LogP contribution in [-0.4, -0.2) is 0 Å². The molecule has 5 heteroatoms. The second-order valence-corrected chi connectivity index (χ2v) is 0.707. The summed E-state index contributed by atoms with van der Waals surface area (Å²) in [5.41, 5.74) is 0. The predicted octanol–water partition coefficient (Wildman–Crippen LogP) is 2.08. The van der Waals surface area contributed by atoms with Crippen LogP contribution in [0.1, 0.15) is 12.8 Å². The van der Waals surface area contributed by atoms with Gasteiger partial charge in [0.1, 0.15) is 0 Å². The second-order valence-electron chi connectivity index (χ2n) is 0.707. The van der Waals surface area contributed by atoms with Crippen LogP contribution in [-0.2, 0) is 74.8 Å². The SMILES string of the molecule is [Ar].[Ar].[CH2-]C[CH2-].[CH2-]C[CH2-].[Pt+2].[W].[Y]. The summed E-state index contributed by atoms with van der Waals surface area (Å²) in [5, 5.41) is 0. The monoisotopic (exact) mass is 632 g/mol. The van der Waals surface area contributed by atoms with Crippen molar-refractivity contribution in [2.75, 3.05) is 0 Å². The quantitative estimate of drug-likeness (QED) is 0.360. The van der Waals surface area contributed by atoms with Gasteiger partial charge >= 0.3 is 21.1 Å². The van der Waals surface area contributed by atoms with Crippen LogP contribution in [0.15, 0.2) is 0 Å². The first-order chi connectivity index (χ1) is 2.83. The molecule has 0 aromatic rings. The summed E-state index contributed by atoms with van der Waals surface area (Å²) in [6.07, 6.45) is 1.50. The van der Waals surface area contributed by atoms with E-state index < -0.39 is 0 Å². The van der Waals surface area contributed by atoms with Crippen LogP contribution < -0.4 is 0 Å². The van der Waals surface area contributed by atoms with E-state index >= 15 is 0 Å². The molecule has 0 N–H and O–H groups in total. The van der Waals surface area contributed by atoms with Gasteiger partial charge in [-0.25, -0.2) is 0 Å². The van der Waals surface area contributed by atoms with Crippen molar-refractivity contribution in [3.05, 3.63) is 27.7 Å². The van der Waals surface area contributed by atoms with Crippen molar-refractivity contribution < 1.29 is 150 Å². The van der Waals surface area contributed by atoms with Gasteiger partial charge in [0.25, 0.3) is 0 Å².